The fraction of sp³-hybridized carbons (Fsp3) is 0.192. The highest BCUT2D eigenvalue weighted by atomic mass is 35.5. The summed E-state index contributed by atoms with van der Waals surface area (Å²) in [6, 6.07) is 18.2. The van der Waals surface area contributed by atoms with E-state index in [2.05, 4.69) is 16.0 Å². The molecule has 3 N–H and O–H groups in total. The number of anilines is 3. The van der Waals surface area contributed by atoms with Gasteiger partial charge < -0.3 is 20.7 Å². The third kappa shape index (κ3) is 7.45. The van der Waals surface area contributed by atoms with E-state index in [4.69, 9.17) is 28.6 Å². The lowest BCUT2D eigenvalue weighted by Crippen LogP contribution is -2.23. The number of thioether (sulfide) groups is 1. The molecule has 9 heteroatoms. The Morgan fingerprint density at radius 2 is 1.69 bits per heavy atom. The zero-order chi connectivity index (χ0) is 25.5. The zero-order valence-electron chi connectivity index (χ0n) is 19.8. The summed E-state index contributed by atoms with van der Waals surface area (Å²) in [4.78, 5) is 25.2. The molecule has 0 bridgehead atoms. The van der Waals surface area contributed by atoms with Crippen molar-refractivity contribution >= 4 is 69.4 Å². The number of amides is 1. The smallest absolute Gasteiger partial charge is 0.237 e. The average molecular weight is 528 g/mol. The first kappa shape index (κ1) is 26.5. The number of ether oxygens (including phenoxy) is 1. The zero-order valence-corrected chi connectivity index (χ0v) is 22.2. The number of halogens is 1. The number of hydrogen-bond acceptors (Lipinski definition) is 5. The van der Waals surface area contributed by atoms with Crippen LogP contribution in [0.2, 0.25) is 5.02 Å². The lowest BCUT2D eigenvalue weighted by atomic mass is 10.1. The van der Waals surface area contributed by atoms with Gasteiger partial charge in [-0.2, -0.15) is 0 Å². The number of carbonyl (C=O) groups excluding carboxylic acids is 2. The first-order valence-corrected chi connectivity index (χ1v) is 12.4. The minimum Gasteiger partial charge on any atom is -0.495 e. The van der Waals surface area contributed by atoms with Crippen LogP contribution in [-0.2, 0) is 4.79 Å². The summed E-state index contributed by atoms with van der Waals surface area (Å²) in [6.45, 7) is 5.24. The Kier molecular flexibility index (Phi) is 9.14. The van der Waals surface area contributed by atoms with E-state index in [0.29, 0.717) is 27.1 Å². The molecule has 3 aromatic rings. The van der Waals surface area contributed by atoms with E-state index < -0.39 is 0 Å². The summed E-state index contributed by atoms with van der Waals surface area (Å²) in [6.07, 6.45) is 0. The van der Waals surface area contributed by atoms with Crippen molar-refractivity contribution in [1.82, 2.24) is 0 Å². The molecule has 182 valence electrons. The summed E-state index contributed by atoms with van der Waals surface area (Å²) in [5.74, 6) is 0.366. The molecule has 0 saturated carbocycles. The molecule has 0 radical (unpaired) electrons. The number of Topliss-reactive ketones (excluding diaryl/α,β-unsaturated/α-hetero) is 1. The molecule has 0 aliphatic carbocycles. The topological polar surface area (TPSA) is 79.5 Å². The first-order valence-electron chi connectivity index (χ1n) is 10.8. The summed E-state index contributed by atoms with van der Waals surface area (Å²) in [5.41, 5.74) is 3.63. The van der Waals surface area contributed by atoms with Crippen molar-refractivity contribution in [2.45, 2.75) is 30.9 Å². The molecule has 0 aromatic heterocycles. The minimum absolute atomic E-state index is 0.0110. The largest absolute Gasteiger partial charge is 0.495 e. The molecular weight excluding hydrogens is 502 g/mol. The molecule has 0 aliphatic heterocycles. The molecule has 0 fully saturated rings. The van der Waals surface area contributed by atoms with E-state index >= 15 is 0 Å². The third-order valence-electron chi connectivity index (χ3n) is 5.06. The predicted molar refractivity (Wildman–Crippen MR) is 149 cm³/mol. The van der Waals surface area contributed by atoms with Crippen molar-refractivity contribution < 1.29 is 14.3 Å². The van der Waals surface area contributed by atoms with Gasteiger partial charge in [-0.25, -0.2) is 0 Å². The fourth-order valence-electron chi connectivity index (χ4n) is 3.15. The van der Waals surface area contributed by atoms with Gasteiger partial charge in [0.15, 0.2) is 10.9 Å². The number of methoxy groups -OCH3 is 1. The van der Waals surface area contributed by atoms with Gasteiger partial charge in [-0.1, -0.05) is 17.7 Å². The van der Waals surface area contributed by atoms with Crippen LogP contribution in [-0.4, -0.2) is 29.2 Å². The molecule has 35 heavy (non-hydrogen) atoms. The molecule has 1 amide bonds. The van der Waals surface area contributed by atoms with Crippen LogP contribution in [0.25, 0.3) is 0 Å². The number of aryl methyl sites for hydroxylation is 1. The van der Waals surface area contributed by atoms with Crippen LogP contribution in [0.15, 0.2) is 65.6 Å². The van der Waals surface area contributed by atoms with Gasteiger partial charge in [0, 0.05) is 32.9 Å². The maximum absolute atomic E-state index is 12.8. The summed E-state index contributed by atoms with van der Waals surface area (Å²) in [7, 11) is 1.54. The number of rotatable bonds is 8. The van der Waals surface area contributed by atoms with Crippen molar-refractivity contribution in [3.05, 3.63) is 76.8 Å². The van der Waals surface area contributed by atoms with Crippen LogP contribution in [0, 0.1) is 6.92 Å². The van der Waals surface area contributed by atoms with Crippen LogP contribution in [0.4, 0.5) is 17.1 Å². The lowest BCUT2D eigenvalue weighted by Gasteiger charge is -2.16. The Balaban J connectivity index is 1.60. The molecule has 3 rings (SSSR count). The molecule has 0 heterocycles. The quantitative estimate of drug-likeness (QED) is 0.169. The van der Waals surface area contributed by atoms with Gasteiger partial charge in [-0.15, -0.1) is 11.8 Å². The third-order valence-corrected chi connectivity index (χ3v) is 6.77. The van der Waals surface area contributed by atoms with Crippen LogP contribution in [0.1, 0.15) is 29.8 Å². The van der Waals surface area contributed by atoms with Crippen molar-refractivity contribution in [2.24, 2.45) is 0 Å². The SMILES string of the molecule is COc1cc(Cl)c(C)cc1NC(=O)C(C)Sc1cccc(NC(=S)Nc2ccc(C(C)=O)cc2)c1. The molecule has 1 atom stereocenters. The van der Waals surface area contributed by atoms with Gasteiger partial charge in [-0.3, -0.25) is 9.59 Å². The standard InChI is InChI=1S/C26H26ClN3O3S2/c1-15-12-23(24(33-4)14-22(15)27)30-25(32)17(3)35-21-7-5-6-20(13-21)29-26(34)28-19-10-8-18(9-11-19)16(2)31/h5-14,17H,1-4H3,(H,30,32)(H2,28,29,34). The van der Waals surface area contributed by atoms with E-state index in [1.807, 2.05) is 38.1 Å². The Morgan fingerprint density at radius 1 is 1.00 bits per heavy atom. The molecule has 0 aliphatic rings. The highest BCUT2D eigenvalue weighted by molar-refractivity contribution is 8.00. The second kappa shape index (κ2) is 12.1. The molecule has 3 aromatic carbocycles. The number of nitrogens with one attached hydrogen (secondary N) is 3. The Labute approximate surface area is 219 Å². The Hall–Kier alpha value is -3.07. The normalized spacial score (nSPS) is 11.3. The van der Waals surface area contributed by atoms with Gasteiger partial charge in [-0.05, 0) is 87.1 Å². The van der Waals surface area contributed by atoms with Gasteiger partial charge in [0.2, 0.25) is 5.91 Å². The lowest BCUT2D eigenvalue weighted by molar-refractivity contribution is -0.115. The van der Waals surface area contributed by atoms with Crippen LogP contribution in [0.3, 0.4) is 0 Å². The minimum atomic E-state index is -0.365. The van der Waals surface area contributed by atoms with E-state index in [0.717, 1.165) is 21.8 Å². The average Bonchev–Trinajstić information content (AvgIpc) is 2.81. The van der Waals surface area contributed by atoms with Crippen molar-refractivity contribution in [3.8, 4) is 5.75 Å². The number of ketones is 1. The van der Waals surface area contributed by atoms with Crippen molar-refractivity contribution in [2.75, 3.05) is 23.1 Å². The molecule has 0 spiro atoms. The number of carbonyl (C=O) groups is 2. The Morgan fingerprint density at radius 3 is 2.34 bits per heavy atom. The highest BCUT2D eigenvalue weighted by Gasteiger charge is 2.17. The van der Waals surface area contributed by atoms with E-state index in [1.54, 1.807) is 36.4 Å². The van der Waals surface area contributed by atoms with Crippen molar-refractivity contribution in [3.63, 3.8) is 0 Å². The predicted octanol–water partition coefficient (Wildman–Crippen LogP) is 6.79. The second-order valence-corrected chi connectivity index (χ2v) is 10.0. The van der Waals surface area contributed by atoms with Crippen LogP contribution < -0.4 is 20.7 Å². The Bertz CT molecular complexity index is 1250. The van der Waals surface area contributed by atoms with Gasteiger partial charge in [0.1, 0.15) is 5.75 Å². The maximum Gasteiger partial charge on any atom is 0.237 e. The fourth-order valence-corrected chi connectivity index (χ4v) is 4.47. The van der Waals surface area contributed by atoms with E-state index in [-0.39, 0.29) is 16.9 Å². The van der Waals surface area contributed by atoms with Crippen LogP contribution in [0.5, 0.6) is 5.75 Å². The molecule has 6 nitrogen and oxygen atoms in total. The first-order chi connectivity index (χ1) is 16.7. The number of benzene rings is 3. The number of hydrogen-bond donors (Lipinski definition) is 3. The highest BCUT2D eigenvalue weighted by Crippen LogP contribution is 2.32. The van der Waals surface area contributed by atoms with Crippen molar-refractivity contribution in [1.29, 1.82) is 0 Å². The summed E-state index contributed by atoms with van der Waals surface area (Å²) >= 11 is 13.0. The number of thiocarbonyl (C=S) groups is 1. The molecule has 1 unspecified atom stereocenters. The van der Waals surface area contributed by atoms with E-state index in [9.17, 15) is 9.59 Å². The molecule has 0 saturated heterocycles. The summed E-state index contributed by atoms with van der Waals surface area (Å²) < 4.78 is 5.34. The molecular formula is C26H26ClN3O3S2. The van der Waals surface area contributed by atoms with E-state index in [1.165, 1.54) is 25.8 Å². The second-order valence-electron chi connectivity index (χ2n) is 7.79. The van der Waals surface area contributed by atoms with Crippen LogP contribution >= 0.6 is 35.6 Å². The summed E-state index contributed by atoms with van der Waals surface area (Å²) in [5, 5.41) is 9.80. The van der Waals surface area contributed by atoms with Gasteiger partial charge in [0.25, 0.3) is 0 Å². The monoisotopic (exact) mass is 527 g/mol. The maximum atomic E-state index is 12.8. The van der Waals surface area contributed by atoms with Gasteiger partial charge in [0.05, 0.1) is 18.0 Å². The van der Waals surface area contributed by atoms with Gasteiger partial charge >= 0.3 is 0 Å².